The lowest BCUT2D eigenvalue weighted by Gasteiger charge is -2.10. The van der Waals surface area contributed by atoms with Crippen LogP contribution in [0.1, 0.15) is 30.4 Å². The Bertz CT molecular complexity index is 586. The molecule has 22 heavy (non-hydrogen) atoms. The predicted octanol–water partition coefficient (Wildman–Crippen LogP) is 2.65. The van der Waals surface area contributed by atoms with Gasteiger partial charge in [-0.2, -0.15) is 13.2 Å². The third-order valence-corrected chi connectivity index (χ3v) is 3.77. The van der Waals surface area contributed by atoms with E-state index in [-0.39, 0.29) is 24.3 Å². The molecule has 1 saturated carbocycles. The molecule has 0 heterocycles. The highest BCUT2D eigenvalue weighted by Gasteiger charge is 2.44. The minimum Gasteiger partial charge on any atom is -0.481 e. The summed E-state index contributed by atoms with van der Waals surface area (Å²) in [6.07, 6.45) is -3.92. The standard InChI is InChI=1S/C15H16F3NO3/c1-8(14(21)22)7-19-13(20)12-6-11(12)9-3-2-4-10(5-9)15(16,17)18/h2-5,8,11-12H,6-7H2,1H3,(H,19,20)(H,21,22)/t8-,11+,12+/m1/s1. The number of hydrogen-bond donors (Lipinski definition) is 2. The van der Waals surface area contributed by atoms with Crippen LogP contribution >= 0.6 is 0 Å². The van der Waals surface area contributed by atoms with Gasteiger partial charge in [0.15, 0.2) is 0 Å². The van der Waals surface area contributed by atoms with Crippen molar-refractivity contribution >= 4 is 11.9 Å². The first-order valence-corrected chi connectivity index (χ1v) is 6.88. The highest BCUT2D eigenvalue weighted by molar-refractivity contribution is 5.83. The highest BCUT2D eigenvalue weighted by atomic mass is 19.4. The van der Waals surface area contributed by atoms with Gasteiger partial charge < -0.3 is 10.4 Å². The average molecular weight is 315 g/mol. The van der Waals surface area contributed by atoms with Crippen LogP contribution in [0.2, 0.25) is 0 Å². The fourth-order valence-electron chi connectivity index (χ4n) is 2.27. The first kappa shape index (κ1) is 16.3. The zero-order valence-electron chi connectivity index (χ0n) is 11.9. The van der Waals surface area contributed by atoms with Crippen molar-refractivity contribution in [3.63, 3.8) is 0 Å². The number of aliphatic carboxylic acids is 1. The molecule has 4 nitrogen and oxygen atoms in total. The maximum atomic E-state index is 12.7. The van der Waals surface area contributed by atoms with Crippen LogP contribution in [0.5, 0.6) is 0 Å². The van der Waals surface area contributed by atoms with Crippen molar-refractivity contribution in [3.8, 4) is 0 Å². The molecule has 0 radical (unpaired) electrons. The van der Waals surface area contributed by atoms with Crippen molar-refractivity contribution in [2.75, 3.05) is 6.54 Å². The fourth-order valence-corrected chi connectivity index (χ4v) is 2.27. The maximum Gasteiger partial charge on any atom is 0.416 e. The summed E-state index contributed by atoms with van der Waals surface area (Å²) in [4.78, 5) is 22.5. The summed E-state index contributed by atoms with van der Waals surface area (Å²) in [5, 5.41) is 11.3. The minimum atomic E-state index is -4.40. The molecule has 1 aliphatic carbocycles. The Balaban J connectivity index is 1.95. The molecule has 0 bridgehead atoms. The van der Waals surface area contributed by atoms with Crippen LogP contribution in [-0.4, -0.2) is 23.5 Å². The van der Waals surface area contributed by atoms with Crippen LogP contribution in [0, 0.1) is 11.8 Å². The lowest BCUT2D eigenvalue weighted by atomic mass is 10.1. The zero-order chi connectivity index (χ0) is 16.5. The van der Waals surface area contributed by atoms with Gasteiger partial charge in [-0.3, -0.25) is 9.59 Å². The minimum absolute atomic E-state index is 0.0139. The quantitative estimate of drug-likeness (QED) is 0.878. The number of carboxylic acids is 1. The summed E-state index contributed by atoms with van der Waals surface area (Å²) >= 11 is 0. The van der Waals surface area contributed by atoms with E-state index >= 15 is 0 Å². The Labute approximate surface area is 125 Å². The van der Waals surface area contributed by atoms with E-state index in [4.69, 9.17) is 5.11 Å². The Morgan fingerprint density at radius 3 is 2.68 bits per heavy atom. The number of rotatable bonds is 5. The number of amides is 1. The van der Waals surface area contributed by atoms with Gasteiger partial charge in [0.25, 0.3) is 0 Å². The third-order valence-electron chi connectivity index (χ3n) is 3.77. The molecule has 0 spiro atoms. The van der Waals surface area contributed by atoms with Crippen LogP contribution in [0.4, 0.5) is 13.2 Å². The van der Waals surface area contributed by atoms with Crippen molar-refractivity contribution in [2.45, 2.75) is 25.4 Å². The van der Waals surface area contributed by atoms with Crippen LogP contribution in [-0.2, 0) is 15.8 Å². The number of hydrogen-bond acceptors (Lipinski definition) is 2. The maximum absolute atomic E-state index is 12.7. The van der Waals surface area contributed by atoms with E-state index in [0.29, 0.717) is 12.0 Å². The second-order valence-electron chi connectivity index (χ2n) is 5.56. The SMILES string of the molecule is C[C@H](CNC(=O)[C@H]1C[C@H]1c1cccc(C(F)(F)F)c1)C(=O)O. The zero-order valence-corrected chi connectivity index (χ0v) is 11.9. The second-order valence-corrected chi connectivity index (χ2v) is 5.56. The summed E-state index contributed by atoms with van der Waals surface area (Å²) in [5.74, 6) is -2.64. The van der Waals surface area contributed by atoms with E-state index in [9.17, 15) is 22.8 Å². The molecule has 1 aromatic rings. The summed E-state index contributed by atoms with van der Waals surface area (Å²) in [7, 11) is 0. The molecule has 2 N–H and O–H groups in total. The monoisotopic (exact) mass is 315 g/mol. The number of halogens is 3. The van der Waals surface area contributed by atoms with Crippen LogP contribution in [0.3, 0.4) is 0 Å². The molecule has 1 aliphatic rings. The van der Waals surface area contributed by atoms with E-state index in [1.807, 2.05) is 0 Å². The van der Waals surface area contributed by atoms with Crippen molar-refractivity contribution in [1.29, 1.82) is 0 Å². The number of carboxylic acid groups (broad SMARTS) is 1. The van der Waals surface area contributed by atoms with Gasteiger partial charge in [0.2, 0.25) is 5.91 Å². The average Bonchev–Trinajstić information content (AvgIpc) is 3.24. The highest BCUT2D eigenvalue weighted by Crippen LogP contribution is 2.48. The van der Waals surface area contributed by atoms with Gasteiger partial charge in [-0.05, 0) is 24.0 Å². The van der Waals surface area contributed by atoms with Gasteiger partial charge in [0.1, 0.15) is 0 Å². The summed E-state index contributed by atoms with van der Waals surface area (Å²) in [6, 6.07) is 4.97. The lowest BCUT2D eigenvalue weighted by molar-refractivity contribution is -0.141. The van der Waals surface area contributed by atoms with E-state index in [1.165, 1.54) is 13.0 Å². The lowest BCUT2D eigenvalue weighted by Crippen LogP contribution is -2.32. The number of nitrogens with one attached hydrogen (secondary N) is 1. The second kappa shape index (κ2) is 5.98. The van der Waals surface area contributed by atoms with Gasteiger partial charge in [0.05, 0.1) is 11.5 Å². The molecule has 0 aromatic heterocycles. The Kier molecular flexibility index (Phi) is 4.44. The molecular weight excluding hydrogens is 299 g/mol. The van der Waals surface area contributed by atoms with Gasteiger partial charge >= 0.3 is 12.1 Å². The van der Waals surface area contributed by atoms with Gasteiger partial charge in [-0.1, -0.05) is 25.1 Å². The molecule has 0 unspecified atom stereocenters. The molecule has 2 rings (SSSR count). The molecule has 0 saturated heterocycles. The van der Waals surface area contributed by atoms with Crippen LogP contribution < -0.4 is 5.32 Å². The third kappa shape index (κ3) is 3.78. The molecule has 1 aromatic carbocycles. The number of benzene rings is 1. The van der Waals surface area contributed by atoms with Crippen molar-refractivity contribution in [3.05, 3.63) is 35.4 Å². The molecule has 120 valence electrons. The van der Waals surface area contributed by atoms with Gasteiger partial charge in [-0.15, -0.1) is 0 Å². The molecule has 3 atom stereocenters. The summed E-state index contributed by atoms with van der Waals surface area (Å²) < 4.78 is 38.0. The predicted molar refractivity (Wildman–Crippen MR) is 72.1 cm³/mol. The Hall–Kier alpha value is -2.05. The molecule has 0 aliphatic heterocycles. The number of carbonyl (C=O) groups is 2. The number of alkyl halides is 3. The van der Waals surface area contributed by atoms with E-state index in [1.54, 1.807) is 6.07 Å². The van der Waals surface area contributed by atoms with E-state index < -0.39 is 23.6 Å². The van der Waals surface area contributed by atoms with Crippen molar-refractivity contribution in [1.82, 2.24) is 5.32 Å². The van der Waals surface area contributed by atoms with Crippen molar-refractivity contribution in [2.24, 2.45) is 11.8 Å². The molecular formula is C15H16F3NO3. The van der Waals surface area contributed by atoms with Gasteiger partial charge in [-0.25, -0.2) is 0 Å². The molecule has 1 fully saturated rings. The van der Waals surface area contributed by atoms with E-state index in [0.717, 1.165) is 12.1 Å². The van der Waals surface area contributed by atoms with Gasteiger partial charge in [0, 0.05) is 12.5 Å². The fraction of sp³-hybridized carbons (Fsp3) is 0.467. The topological polar surface area (TPSA) is 66.4 Å². The van der Waals surface area contributed by atoms with Crippen LogP contribution in [0.15, 0.2) is 24.3 Å². The Morgan fingerprint density at radius 1 is 1.41 bits per heavy atom. The number of carbonyl (C=O) groups excluding carboxylic acids is 1. The summed E-state index contributed by atoms with van der Waals surface area (Å²) in [5.41, 5.74) is -0.239. The van der Waals surface area contributed by atoms with Crippen LogP contribution in [0.25, 0.3) is 0 Å². The van der Waals surface area contributed by atoms with Crippen molar-refractivity contribution < 1.29 is 27.9 Å². The smallest absolute Gasteiger partial charge is 0.416 e. The molecule has 7 heteroatoms. The largest absolute Gasteiger partial charge is 0.481 e. The molecule has 1 amide bonds. The first-order chi connectivity index (χ1) is 10.2. The summed E-state index contributed by atoms with van der Waals surface area (Å²) in [6.45, 7) is 1.49. The normalized spacial score (nSPS) is 22.0. The Morgan fingerprint density at radius 2 is 2.09 bits per heavy atom. The van der Waals surface area contributed by atoms with E-state index in [2.05, 4.69) is 5.32 Å². The first-order valence-electron chi connectivity index (χ1n) is 6.88.